The van der Waals surface area contributed by atoms with Gasteiger partial charge in [-0.2, -0.15) is 0 Å². The lowest BCUT2D eigenvalue weighted by Gasteiger charge is -2.30. The predicted molar refractivity (Wildman–Crippen MR) is 98.2 cm³/mol. The van der Waals surface area contributed by atoms with E-state index in [9.17, 15) is 13.2 Å². The van der Waals surface area contributed by atoms with Crippen LogP contribution >= 0.6 is 0 Å². The summed E-state index contributed by atoms with van der Waals surface area (Å²) in [5, 5.41) is 2.86. The van der Waals surface area contributed by atoms with E-state index in [0.717, 1.165) is 24.2 Å². The molecule has 1 atom stereocenters. The Bertz CT molecular complexity index is 703. The van der Waals surface area contributed by atoms with Crippen molar-refractivity contribution in [3.63, 3.8) is 0 Å². The molecule has 0 unspecified atom stereocenters. The summed E-state index contributed by atoms with van der Waals surface area (Å²) in [4.78, 5) is 12.3. The second-order valence-corrected chi connectivity index (χ2v) is 8.69. The monoisotopic (exact) mass is 368 g/mol. The van der Waals surface area contributed by atoms with Crippen molar-refractivity contribution in [3.05, 3.63) is 29.3 Å². The van der Waals surface area contributed by atoms with E-state index in [0.29, 0.717) is 19.7 Å². The van der Waals surface area contributed by atoms with Gasteiger partial charge in [0.2, 0.25) is 15.9 Å². The van der Waals surface area contributed by atoms with Crippen molar-refractivity contribution in [2.75, 3.05) is 32.0 Å². The maximum absolute atomic E-state index is 12.3. The number of piperidine rings is 1. The smallest absolute Gasteiger partial charge is 0.224 e. The van der Waals surface area contributed by atoms with Gasteiger partial charge in [0.05, 0.1) is 18.2 Å². The van der Waals surface area contributed by atoms with Gasteiger partial charge in [-0.25, -0.2) is 12.7 Å². The number of hydrogen-bond donors (Lipinski definition) is 1. The van der Waals surface area contributed by atoms with Crippen LogP contribution in [0.4, 0.5) is 0 Å². The van der Waals surface area contributed by atoms with Gasteiger partial charge in [-0.15, -0.1) is 0 Å². The molecule has 7 heteroatoms. The van der Waals surface area contributed by atoms with Gasteiger partial charge in [-0.3, -0.25) is 4.79 Å². The minimum atomic E-state index is -3.23. The lowest BCUT2D eigenvalue weighted by Crippen LogP contribution is -2.46. The molecule has 1 heterocycles. The first-order chi connectivity index (χ1) is 11.8. The number of hydrogen-bond acceptors (Lipinski definition) is 4. The first kappa shape index (κ1) is 19.7. The van der Waals surface area contributed by atoms with E-state index in [1.54, 1.807) is 6.92 Å². The average Bonchev–Trinajstić information content (AvgIpc) is 2.62. The Balaban J connectivity index is 1.79. The highest BCUT2D eigenvalue weighted by atomic mass is 32.2. The van der Waals surface area contributed by atoms with Gasteiger partial charge in [0.15, 0.2) is 0 Å². The van der Waals surface area contributed by atoms with Gasteiger partial charge in [0.1, 0.15) is 12.4 Å². The van der Waals surface area contributed by atoms with Gasteiger partial charge in [0, 0.05) is 13.1 Å². The molecule has 1 fully saturated rings. The van der Waals surface area contributed by atoms with Crippen molar-refractivity contribution >= 4 is 15.9 Å². The Hall–Kier alpha value is -1.60. The number of aryl methyl sites for hydroxylation is 1. The molecule has 0 saturated carbocycles. The highest BCUT2D eigenvalue weighted by Crippen LogP contribution is 2.21. The maximum Gasteiger partial charge on any atom is 0.224 e. The number of nitrogens with one attached hydrogen (secondary N) is 1. The van der Waals surface area contributed by atoms with Crippen LogP contribution in [0.25, 0.3) is 0 Å². The predicted octanol–water partition coefficient (Wildman–Crippen LogP) is 1.86. The number of nitrogens with zero attached hydrogens (tertiary/aromatic N) is 1. The van der Waals surface area contributed by atoms with Crippen molar-refractivity contribution in [1.29, 1.82) is 0 Å². The van der Waals surface area contributed by atoms with Crippen molar-refractivity contribution < 1.29 is 17.9 Å². The molecular weight excluding hydrogens is 340 g/mol. The number of ether oxygens (including phenoxy) is 1. The number of rotatable bonds is 7. The molecule has 1 aliphatic rings. The van der Waals surface area contributed by atoms with Crippen molar-refractivity contribution in [1.82, 2.24) is 9.62 Å². The second-order valence-electron chi connectivity index (χ2n) is 6.44. The molecule has 0 aliphatic carbocycles. The molecule has 1 aromatic carbocycles. The van der Waals surface area contributed by atoms with E-state index >= 15 is 0 Å². The topological polar surface area (TPSA) is 75.7 Å². The normalized spacial score (nSPS) is 18.8. The van der Waals surface area contributed by atoms with Crippen LogP contribution in [0.2, 0.25) is 0 Å². The van der Waals surface area contributed by atoms with Crippen LogP contribution in [0.15, 0.2) is 18.2 Å². The first-order valence-electron chi connectivity index (χ1n) is 8.79. The molecule has 0 spiro atoms. The maximum atomic E-state index is 12.3. The average molecular weight is 368 g/mol. The summed E-state index contributed by atoms with van der Waals surface area (Å²) in [7, 11) is -3.23. The second kappa shape index (κ2) is 8.67. The zero-order valence-electron chi connectivity index (χ0n) is 15.2. The zero-order valence-corrected chi connectivity index (χ0v) is 16.1. The number of carbonyl (C=O) groups is 1. The van der Waals surface area contributed by atoms with Gasteiger partial charge < -0.3 is 10.1 Å². The van der Waals surface area contributed by atoms with E-state index < -0.39 is 10.0 Å². The Kier molecular flexibility index (Phi) is 6.84. The third-order valence-electron chi connectivity index (χ3n) is 4.73. The number of benzene rings is 1. The van der Waals surface area contributed by atoms with Crippen LogP contribution in [-0.4, -0.2) is 50.6 Å². The van der Waals surface area contributed by atoms with E-state index in [-0.39, 0.29) is 24.1 Å². The van der Waals surface area contributed by atoms with Gasteiger partial charge in [-0.05, 0) is 50.8 Å². The lowest BCUT2D eigenvalue weighted by atomic mass is 9.99. The number of amides is 1. The van der Waals surface area contributed by atoms with Gasteiger partial charge in [0.25, 0.3) is 0 Å². The molecule has 2 rings (SSSR count). The Morgan fingerprint density at radius 1 is 1.36 bits per heavy atom. The molecule has 6 nitrogen and oxygen atoms in total. The minimum Gasteiger partial charge on any atom is -0.491 e. The van der Waals surface area contributed by atoms with Crippen LogP contribution in [0.1, 0.15) is 30.9 Å². The third-order valence-corrected chi connectivity index (χ3v) is 6.57. The molecule has 1 saturated heterocycles. The Morgan fingerprint density at radius 3 is 2.84 bits per heavy atom. The summed E-state index contributed by atoms with van der Waals surface area (Å²) in [5.74, 6) is 0.522. The number of sulfonamides is 1. The Labute approximate surface area is 150 Å². The summed E-state index contributed by atoms with van der Waals surface area (Å²) in [6.07, 6.45) is 1.44. The summed E-state index contributed by atoms with van der Waals surface area (Å²) in [6.45, 7) is 7.25. The SMILES string of the molecule is CCS(=O)(=O)N1CCC[C@@H](C(=O)NCCOc2cccc(C)c2C)C1. The van der Waals surface area contributed by atoms with Crippen molar-refractivity contribution in [2.24, 2.45) is 5.92 Å². The zero-order chi connectivity index (χ0) is 18.4. The summed E-state index contributed by atoms with van der Waals surface area (Å²) in [6, 6.07) is 5.89. The molecule has 0 radical (unpaired) electrons. The molecule has 0 aromatic heterocycles. The first-order valence-corrected chi connectivity index (χ1v) is 10.4. The quantitative estimate of drug-likeness (QED) is 0.746. The van der Waals surface area contributed by atoms with Crippen molar-refractivity contribution in [3.8, 4) is 5.75 Å². The largest absolute Gasteiger partial charge is 0.491 e. The van der Waals surface area contributed by atoms with E-state index in [2.05, 4.69) is 5.32 Å². The van der Waals surface area contributed by atoms with E-state index in [4.69, 9.17) is 4.74 Å². The van der Waals surface area contributed by atoms with Crippen molar-refractivity contribution in [2.45, 2.75) is 33.6 Å². The number of carbonyl (C=O) groups excluding carboxylic acids is 1. The van der Waals surface area contributed by atoms with Crippen LogP contribution in [0.3, 0.4) is 0 Å². The standard InChI is InChI=1S/C18H28N2O4S/c1-4-25(22,23)20-11-6-8-16(13-20)18(21)19-10-12-24-17-9-5-7-14(2)15(17)3/h5,7,9,16H,4,6,8,10-13H2,1-3H3,(H,19,21)/t16-/m1/s1. The summed E-state index contributed by atoms with van der Waals surface area (Å²) in [5.41, 5.74) is 2.27. The van der Waals surface area contributed by atoms with Gasteiger partial charge in [-0.1, -0.05) is 12.1 Å². The summed E-state index contributed by atoms with van der Waals surface area (Å²) < 4.78 is 31.1. The Morgan fingerprint density at radius 2 is 2.12 bits per heavy atom. The molecular formula is C18H28N2O4S. The van der Waals surface area contributed by atoms with E-state index in [1.165, 1.54) is 9.87 Å². The molecule has 25 heavy (non-hydrogen) atoms. The fourth-order valence-electron chi connectivity index (χ4n) is 2.95. The van der Waals surface area contributed by atoms with E-state index in [1.807, 2.05) is 32.0 Å². The van der Waals surface area contributed by atoms with Crippen LogP contribution < -0.4 is 10.1 Å². The molecule has 1 aliphatic heterocycles. The minimum absolute atomic E-state index is 0.0744. The van der Waals surface area contributed by atoms with Crippen LogP contribution in [-0.2, 0) is 14.8 Å². The highest BCUT2D eigenvalue weighted by molar-refractivity contribution is 7.89. The third kappa shape index (κ3) is 5.19. The summed E-state index contributed by atoms with van der Waals surface area (Å²) >= 11 is 0. The van der Waals surface area contributed by atoms with Crippen LogP contribution in [0, 0.1) is 19.8 Å². The molecule has 140 valence electrons. The molecule has 1 aromatic rings. The highest BCUT2D eigenvalue weighted by Gasteiger charge is 2.31. The molecule has 1 amide bonds. The van der Waals surface area contributed by atoms with Gasteiger partial charge >= 0.3 is 0 Å². The molecule has 1 N–H and O–H groups in total. The fourth-order valence-corrected chi connectivity index (χ4v) is 4.13. The fraction of sp³-hybridized carbons (Fsp3) is 0.611. The van der Waals surface area contributed by atoms with Crippen LogP contribution in [0.5, 0.6) is 5.75 Å². The molecule has 0 bridgehead atoms. The lowest BCUT2D eigenvalue weighted by molar-refractivity contribution is -0.126.